The number of rotatable bonds is 5. The monoisotopic (exact) mass is 238 g/mol. The van der Waals surface area contributed by atoms with Crippen LogP contribution in [0.25, 0.3) is 0 Å². The topological polar surface area (TPSA) is 49.7 Å². The number of benzene rings is 1. The molecule has 96 valence electrons. The molecule has 0 aliphatic carbocycles. The summed E-state index contributed by atoms with van der Waals surface area (Å²) in [6.07, 6.45) is 0. The maximum Gasteiger partial charge on any atom is 0.123 e. The summed E-state index contributed by atoms with van der Waals surface area (Å²) in [5.41, 5.74) is 0.729. The van der Waals surface area contributed by atoms with Crippen LogP contribution in [0.2, 0.25) is 0 Å². The minimum Gasteiger partial charge on any atom is -0.508 e. The van der Waals surface area contributed by atoms with Gasteiger partial charge in [-0.2, -0.15) is 0 Å². The van der Waals surface area contributed by atoms with Crippen LogP contribution in [-0.2, 0) is 6.61 Å². The van der Waals surface area contributed by atoms with Gasteiger partial charge in [-0.3, -0.25) is 0 Å². The van der Waals surface area contributed by atoms with E-state index in [0.717, 1.165) is 0 Å². The van der Waals surface area contributed by atoms with Crippen molar-refractivity contribution in [3.63, 3.8) is 0 Å². The predicted molar refractivity (Wildman–Crippen MR) is 68.1 cm³/mol. The van der Waals surface area contributed by atoms with Gasteiger partial charge in [0.1, 0.15) is 11.5 Å². The third-order valence-corrected chi connectivity index (χ3v) is 3.31. The summed E-state index contributed by atoms with van der Waals surface area (Å²) in [6.45, 7) is 9.09. The Labute approximate surface area is 103 Å². The van der Waals surface area contributed by atoms with Gasteiger partial charge in [0, 0.05) is 11.5 Å². The Hall–Kier alpha value is -1.22. The molecule has 17 heavy (non-hydrogen) atoms. The third-order valence-electron chi connectivity index (χ3n) is 3.31. The molecule has 0 aliphatic heterocycles. The molecule has 0 bridgehead atoms. The SMILES string of the molecule is CC(C)C(C)(C)COc1cc(O)cc(CO)c1. The Balaban J connectivity index is 2.72. The maximum absolute atomic E-state index is 9.47. The second-order valence-corrected chi connectivity index (χ2v) is 5.43. The minimum atomic E-state index is -0.0989. The van der Waals surface area contributed by atoms with Gasteiger partial charge in [0.25, 0.3) is 0 Å². The van der Waals surface area contributed by atoms with E-state index in [-0.39, 0.29) is 17.8 Å². The van der Waals surface area contributed by atoms with Gasteiger partial charge in [-0.15, -0.1) is 0 Å². The fourth-order valence-electron chi connectivity index (χ4n) is 1.25. The van der Waals surface area contributed by atoms with Crippen molar-refractivity contribution in [1.82, 2.24) is 0 Å². The lowest BCUT2D eigenvalue weighted by Crippen LogP contribution is -2.27. The van der Waals surface area contributed by atoms with Crippen molar-refractivity contribution in [1.29, 1.82) is 0 Å². The molecule has 0 saturated carbocycles. The predicted octanol–water partition coefficient (Wildman–Crippen LogP) is 2.95. The molecule has 0 heterocycles. The molecule has 3 nitrogen and oxygen atoms in total. The van der Waals surface area contributed by atoms with Gasteiger partial charge in [-0.25, -0.2) is 0 Å². The molecule has 0 unspecified atom stereocenters. The highest BCUT2D eigenvalue weighted by atomic mass is 16.5. The van der Waals surface area contributed by atoms with Crippen LogP contribution in [0, 0.1) is 11.3 Å². The Kier molecular flexibility index (Phi) is 4.40. The lowest BCUT2D eigenvalue weighted by molar-refractivity contribution is 0.130. The average molecular weight is 238 g/mol. The third kappa shape index (κ3) is 3.93. The summed E-state index contributed by atoms with van der Waals surface area (Å²) in [6, 6.07) is 4.84. The Morgan fingerprint density at radius 2 is 1.88 bits per heavy atom. The standard InChI is InChI=1S/C14H22O3/c1-10(2)14(3,4)9-17-13-6-11(8-15)5-12(16)7-13/h5-7,10,15-16H,8-9H2,1-4H3. The molecule has 0 amide bonds. The van der Waals surface area contributed by atoms with Crippen molar-refractivity contribution in [2.75, 3.05) is 6.61 Å². The van der Waals surface area contributed by atoms with Gasteiger partial charge >= 0.3 is 0 Å². The highest BCUT2D eigenvalue weighted by molar-refractivity contribution is 5.37. The number of aromatic hydroxyl groups is 1. The number of aliphatic hydroxyl groups excluding tert-OH is 1. The lowest BCUT2D eigenvalue weighted by atomic mass is 9.82. The second kappa shape index (κ2) is 5.41. The molecular formula is C14H22O3. The smallest absolute Gasteiger partial charge is 0.123 e. The summed E-state index contributed by atoms with van der Waals surface area (Å²) < 4.78 is 5.68. The van der Waals surface area contributed by atoms with Gasteiger partial charge < -0.3 is 14.9 Å². The van der Waals surface area contributed by atoms with E-state index in [0.29, 0.717) is 23.8 Å². The first kappa shape index (κ1) is 13.8. The molecule has 1 rings (SSSR count). The first-order valence-electron chi connectivity index (χ1n) is 5.92. The molecule has 0 radical (unpaired) electrons. The molecule has 1 aromatic carbocycles. The first-order valence-corrected chi connectivity index (χ1v) is 5.92. The molecule has 1 aromatic rings. The molecule has 2 N–H and O–H groups in total. The van der Waals surface area contributed by atoms with Gasteiger partial charge in [-0.05, 0) is 23.6 Å². The van der Waals surface area contributed by atoms with E-state index in [1.807, 2.05) is 0 Å². The van der Waals surface area contributed by atoms with E-state index in [1.165, 1.54) is 6.07 Å². The van der Waals surface area contributed by atoms with E-state index in [4.69, 9.17) is 9.84 Å². The van der Waals surface area contributed by atoms with Crippen LogP contribution in [0.3, 0.4) is 0 Å². The zero-order chi connectivity index (χ0) is 13.1. The molecular weight excluding hydrogens is 216 g/mol. The van der Waals surface area contributed by atoms with Gasteiger partial charge in [0.05, 0.1) is 13.2 Å². The molecule has 0 atom stereocenters. The van der Waals surface area contributed by atoms with Crippen molar-refractivity contribution in [3.8, 4) is 11.5 Å². The van der Waals surface area contributed by atoms with Gasteiger partial charge in [0.15, 0.2) is 0 Å². The number of aliphatic hydroxyl groups is 1. The maximum atomic E-state index is 9.47. The van der Waals surface area contributed by atoms with Crippen molar-refractivity contribution < 1.29 is 14.9 Å². The molecule has 3 heteroatoms. The fourth-order valence-corrected chi connectivity index (χ4v) is 1.25. The van der Waals surface area contributed by atoms with Gasteiger partial charge in [0.2, 0.25) is 0 Å². The van der Waals surface area contributed by atoms with Crippen molar-refractivity contribution in [3.05, 3.63) is 23.8 Å². The molecule has 0 aromatic heterocycles. The largest absolute Gasteiger partial charge is 0.508 e. The van der Waals surface area contributed by atoms with E-state index >= 15 is 0 Å². The van der Waals surface area contributed by atoms with Crippen molar-refractivity contribution in [2.24, 2.45) is 11.3 Å². The number of phenolic OH excluding ortho intramolecular Hbond substituents is 1. The van der Waals surface area contributed by atoms with Crippen LogP contribution in [-0.4, -0.2) is 16.8 Å². The number of hydrogen-bond donors (Lipinski definition) is 2. The molecule has 0 saturated heterocycles. The summed E-state index contributed by atoms with van der Waals surface area (Å²) in [7, 11) is 0. The van der Waals surface area contributed by atoms with Crippen LogP contribution in [0.15, 0.2) is 18.2 Å². The average Bonchev–Trinajstić information content (AvgIpc) is 2.25. The Bertz CT molecular complexity index is 370. The quantitative estimate of drug-likeness (QED) is 0.829. The Morgan fingerprint density at radius 3 is 2.41 bits per heavy atom. The van der Waals surface area contributed by atoms with Crippen molar-refractivity contribution >= 4 is 0 Å². The lowest BCUT2D eigenvalue weighted by Gasteiger charge is -2.29. The van der Waals surface area contributed by atoms with Gasteiger partial charge in [-0.1, -0.05) is 27.7 Å². The fraction of sp³-hybridized carbons (Fsp3) is 0.571. The second-order valence-electron chi connectivity index (χ2n) is 5.43. The normalized spacial score (nSPS) is 11.9. The zero-order valence-corrected chi connectivity index (χ0v) is 11.0. The number of phenols is 1. The summed E-state index contributed by atoms with van der Waals surface area (Å²) in [5, 5.41) is 18.5. The van der Waals surface area contributed by atoms with Crippen molar-refractivity contribution in [2.45, 2.75) is 34.3 Å². The highest BCUT2D eigenvalue weighted by Crippen LogP contribution is 2.28. The number of hydrogen-bond acceptors (Lipinski definition) is 3. The Morgan fingerprint density at radius 1 is 1.24 bits per heavy atom. The minimum absolute atomic E-state index is 0.0742. The van der Waals surface area contributed by atoms with Crippen LogP contribution < -0.4 is 4.74 Å². The zero-order valence-electron chi connectivity index (χ0n) is 11.0. The van der Waals surface area contributed by atoms with E-state index < -0.39 is 0 Å². The summed E-state index contributed by atoms with van der Waals surface area (Å²) >= 11 is 0. The summed E-state index contributed by atoms with van der Waals surface area (Å²) in [5.74, 6) is 1.23. The van der Waals surface area contributed by atoms with Crippen LogP contribution >= 0.6 is 0 Å². The van der Waals surface area contributed by atoms with Crippen LogP contribution in [0.4, 0.5) is 0 Å². The van der Waals surface area contributed by atoms with E-state index in [1.54, 1.807) is 12.1 Å². The van der Waals surface area contributed by atoms with Crippen LogP contribution in [0.1, 0.15) is 33.3 Å². The highest BCUT2D eigenvalue weighted by Gasteiger charge is 2.23. The summed E-state index contributed by atoms with van der Waals surface area (Å²) in [4.78, 5) is 0. The van der Waals surface area contributed by atoms with E-state index in [9.17, 15) is 5.11 Å². The first-order chi connectivity index (χ1) is 7.85. The molecule has 0 aliphatic rings. The molecule has 0 spiro atoms. The molecule has 0 fully saturated rings. The van der Waals surface area contributed by atoms with Crippen LogP contribution in [0.5, 0.6) is 11.5 Å². The number of ether oxygens (including phenoxy) is 1. The van der Waals surface area contributed by atoms with E-state index in [2.05, 4.69) is 27.7 Å².